The fourth-order valence-electron chi connectivity index (χ4n) is 3.14. The van der Waals surface area contributed by atoms with E-state index in [9.17, 15) is 4.79 Å². The van der Waals surface area contributed by atoms with Gasteiger partial charge in [-0.05, 0) is 34.9 Å². The number of fused-ring (bicyclic) bond motifs is 1. The van der Waals surface area contributed by atoms with Crippen LogP contribution < -0.4 is 0 Å². The molecular formula is C22H18N2O2. The highest BCUT2D eigenvalue weighted by Gasteiger charge is 2.12. The van der Waals surface area contributed by atoms with Gasteiger partial charge in [-0.15, -0.1) is 0 Å². The van der Waals surface area contributed by atoms with Gasteiger partial charge in [-0.2, -0.15) is 5.10 Å². The van der Waals surface area contributed by atoms with Crippen molar-refractivity contribution in [2.24, 2.45) is 0 Å². The van der Waals surface area contributed by atoms with E-state index in [0.29, 0.717) is 12.1 Å². The maximum atomic E-state index is 12.0. The van der Waals surface area contributed by atoms with Gasteiger partial charge < -0.3 is 4.74 Å². The molecule has 1 aromatic heterocycles. The zero-order chi connectivity index (χ0) is 17.9. The first-order valence-electron chi connectivity index (χ1n) is 8.43. The van der Waals surface area contributed by atoms with Crippen LogP contribution in [0.2, 0.25) is 0 Å². The van der Waals surface area contributed by atoms with Gasteiger partial charge in [0.2, 0.25) is 0 Å². The maximum Gasteiger partial charge on any atom is 0.338 e. The molecule has 0 N–H and O–H groups in total. The molecule has 3 aromatic carbocycles. The Morgan fingerprint density at radius 1 is 1.00 bits per heavy atom. The number of carbonyl (C=O) groups excluding carboxylic acids is 1. The average molecular weight is 342 g/mol. The van der Waals surface area contributed by atoms with Crippen LogP contribution in [0.25, 0.3) is 22.0 Å². The predicted octanol–water partition coefficient (Wildman–Crippen LogP) is 4.54. The van der Waals surface area contributed by atoms with Gasteiger partial charge in [-0.1, -0.05) is 54.6 Å². The average Bonchev–Trinajstić information content (AvgIpc) is 3.10. The number of rotatable bonds is 4. The van der Waals surface area contributed by atoms with Crippen molar-refractivity contribution in [1.29, 1.82) is 0 Å². The summed E-state index contributed by atoms with van der Waals surface area (Å²) in [6, 6.07) is 23.7. The van der Waals surface area contributed by atoms with Crippen LogP contribution >= 0.6 is 0 Å². The fourth-order valence-corrected chi connectivity index (χ4v) is 3.14. The molecule has 4 aromatic rings. The van der Waals surface area contributed by atoms with Crippen molar-refractivity contribution in [3.05, 3.63) is 90.1 Å². The normalized spacial score (nSPS) is 10.8. The Morgan fingerprint density at radius 3 is 2.65 bits per heavy atom. The van der Waals surface area contributed by atoms with Crippen LogP contribution in [-0.2, 0) is 11.3 Å². The third kappa shape index (κ3) is 3.09. The van der Waals surface area contributed by atoms with Crippen molar-refractivity contribution >= 4 is 16.9 Å². The van der Waals surface area contributed by atoms with Crippen molar-refractivity contribution in [2.75, 3.05) is 7.11 Å². The molecule has 0 saturated carbocycles. The number of hydrogen-bond donors (Lipinski definition) is 0. The molecule has 0 amide bonds. The minimum absolute atomic E-state index is 0.329. The fraction of sp³-hybridized carbons (Fsp3) is 0.0909. The van der Waals surface area contributed by atoms with Gasteiger partial charge in [0.15, 0.2) is 0 Å². The standard InChI is InChI=1S/C22H18N2O2/c1-26-22(25)20-11-4-3-10-19(20)17-9-6-7-16(13-17)14-24-15-18-8-2-5-12-21(18)23-24/h2-13,15H,14H2,1H3. The lowest BCUT2D eigenvalue weighted by atomic mass is 9.98. The molecule has 0 fully saturated rings. The number of nitrogens with zero attached hydrogens (tertiary/aromatic N) is 2. The molecule has 4 nitrogen and oxygen atoms in total. The van der Waals surface area contributed by atoms with Gasteiger partial charge in [0.05, 0.1) is 24.7 Å². The molecule has 4 heteroatoms. The van der Waals surface area contributed by atoms with Crippen LogP contribution in [0, 0.1) is 0 Å². The van der Waals surface area contributed by atoms with Crippen LogP contribution in [0.3, 0.4) is 0 Å². The molecule has 0 saturated heterocycles. The van der Waals surface area contributed by atoms with E-state index in [4.69, 9.17) is 4.74 Å². The largest absolute Gasteiger partial charge is 0.465 e. The summed E-state index contributed by atoms with van der Waals surface area (Å²) in [6.45, 7) is 0.670. The van der Waals surface area contributed by atoms with E-state index in [0.717, 1.165) is 27.6 Å². The summed E-state index contributed by atoms with van der Waals surface area (Å²) in [6.07, 6.45) is 2.05. The van der Waals surface area contributed by atoms with Gasteiger partial charge in [0.25, 0.3) is 0 Å². The van der Waals surface area contributed by atoms with Crippen molar-refractivity contribution in [3.63, 3.8) is 0 Å². The highest BCUT2D eigenvalue weighted by molar-refractivity contribution is 5.97. The van der Waals surface area contributed by atoms with Gasteiger partial charge in [0.1, 0.15) is 0 Å². The SMILES string of the molecule is COC(=O)c1ccccc1-c1cccc(Cn2cc3ccccc3n2)c1. The second-order valence-corrected chi connectivity index (χ2v) is 6.12. The lowest BCUT2D eigenvalue weighted by molar-refractivity contribution is 0.0601. The lowest BCUT2D eigenvalue weighted by Gasteiger charge is -2.10. The molecule has 0 radical (unpaired) electrons. The minimum Gasteiger partial charge on any atom is -0.465 e. The quantitative estimate of drug-likeness (QED) is 0.512. The number of benzene rings is 3. The molecule has 0 bridgehead atoms. The van der Waals surface area contributed by atoms with E-state index in [1.165, 1.54) is 7.11 Å². The Hall–Kier alpha value is -3.40. The summed E-state index contributed by atoms with van der Waals surface area (Å²) in [5.74, 6) is -0.329. The Morgan fingerprint density at radius 2 is 1.81 bits per heavy atom. The Labute approximate surface area is 151 Å². The summed E-state index contributed by atoms with van der Waals surface area (Å²) in [5, 5.41) is 5.74. The zero-order valence-corrected chi connectivity index (χ0v) is 14.4. The summed E-state index contributed by atoms with van der Waals surface area (Å²) in [4.78, 5) is 12.0. The molecule has 26 heavy (non-hydrogen) atoms. The second-order valence-electron chi connectivity index (χ2n) is 6.12. The summed E-state index contributed by atoms with van der Waals surface area (Å²) >= 11 is 0. The van der Waals surface area contributed by atoms with E-state index >= 15 is 0 Å². The van der Waals surface area contributed by atoms with Crippen LogP contribution in [0.4, 0.5) is 0 Å². The van der Waals surface area contributed by atoms with Crippen LogP contribution in [0.1, 0.15) is 15.9 Å². The van der Waals surface area contributed by atoms with Gasteiger partial charge >= 0.3 is 5.97 Å². The highest BCUT2D eigenvalue weighted by Crippen LogP contribution is 2.25. The third-order valence-electron chi connectivity index (χ3n) is 4.38. The number of ether oxygens (including phenoxy) is 1. The number of aromatic nitrogens is 2. The molecule has 4 rings (SSSR count). The van der Waals surface area contributed by atoms with Crippen LogP contribution in [0.5, 0.6) is 0 Å². The molecule has 1 heterocycles. The van der Waals surface area contributed by atoms with E-state index < -0.39 is 0 Å². The molecule has 0 aliphatic heterocycles. The van der Waals surface area contributed by atoms with Crippen molar-refractivity contribution in [2.45, 2.75) is 6.54 Å². The maximum absolute atomic E-state index is 12.0. The lowest BCUT2D eigenvalue weighted by Crippen LogP contribution is -2.04. The van der Waals surface area contributed by atoms with Crippen LogP contribution in [0.15, 0.2) is 79.0 Å². The van der Waals surface area contributed by atoms with E-state index in [1.54, 1.807) is 6.07 Å². The van der Waals surface area contributed by atoms with E-state index in [2.05, 4.69) is 23.3 Å². The smallest absolute Gasteiger partial charge is 0.338 e. The van der Waals surface area contributed by atoms with Crippen molar-refractivity contribution < 1.29 is 9.53 Å². The summed E-state index contributed by atoms with van der Waals surface area (Å²) < 4.78 is 6.85. The number of methoxy groups -OCH3 is 1. The molecule has 0 aliphatic rings. The Balaban J connectivity index is 1.68. The van der Waals surface area contributed by atoms with E-state index in [1.807, 2.05) is 59.4 Å². The first kappa shape index (κ1) is 16.1. The molecule has 128 valence electrons. The topological polar surface area (TPSA) is 44.1 Å². The minimum atomic E-state index is -0.329. The predicted molar refractivity (Wildman–Crippen MR) is 102 cm³/mol. The molecule has 0 atom stereocenters. The monoisotopic (exact) mass is 342 g/mol. The van der Waals surface area contributed by atoms with Crippen molar-refractivity contribution in [1.82, 2.24) is 9.78 Å². The second kappa shape index (κ2) is 6.84. The number of esters is 1. The molecule has 0 unspecified atom stereocenters. The molecular weight excluding hydrogens is 324 g/mol. The number of hydrogen-bond acceptors (Lipinski definition) is 3. The Kier molecular flexibility index (Phi) is 4.23. The van der Waals surface area contributed by atoms with Crippen molar-refractivity contribution in [3.8, 4) is 11.1 Å². The van der Waals surface area contributed by atoms with Gasteiger partial charge in [0, 0.05) is 11.6 Å². The molecule has 0 spiro atoms. The highest BCUT2D eigenvalue weighted by atomic mass is 16.5. The first-order chi connectivity index (χ1) is 12.7. The van der Waals surface area contributed by atoms with E-state index in [-0.39, 0.29) is 5.97 Å². The van der Waals surface area contributed by atoms with Crippen LogP contribution in [-0.4, -0.2) is 22.9 Å². The zero-order valence-electron chi connectivity index (χ0n) is 14.4. The number of carbonyl (C=O) groups is 1. The molecule has 0 aliphatic carbocycles. The Bertz CT molecular complexity index is 1050. The summed E-state index contributed by atoms with van der Waals surface area (Å²) in [7, 11) is 1.40. The summed E-state index contributed by atoms with van der Waals surface area (Å²) in [5.41, 5.74) is 4.53. The van der Waals surface area contributed by atoms with Gasteiger partial charge in [-0.3, -0.25) is 4.68 Å². The third-order valence-corrected chi connectivity index (χ3v) is 4.38. The van der Waals surface area contributed by atoms with Gasteiger partial charge in [-0.25, -0.2) is 4.79 Å². The first-order valence-corrected chi connectivity index (χ1v) is 8.43.